The van der Waals surface area contributed by atoms with Crippen LogP contribution in [0.5, 0.6) is 0 Å². The fraction of sp³-hybridized carbons (Fsp3) is 0.286. The zero-order valence-electron chi connectivity index (χ0n) is 10.4. The molecule has 1 heterocycles. The SMILES string of the molecule is CC(C)COC(=O)n1cc(C=O)c2ccccc21. The van der Waals surface area contributed by atoms with Gasteiger partial charge in [-0.1, -0.05) is 32.0 Å². The van der Waals surface area contributed by atoms with E-state index in [1.807, 2.05) is 32.0 Å². The molecule has 1 aromatic carbocycles. The van der Waals surface area contributed by atoms with Crippen molar-refractivity contribution in [3.8, 4) is 0 Å². The van der Waals surface area contributed by atoms with Crippen LogP contribution in [0.25, 0.3) is 10.9 Å². The second-order valence-electron chi connectivity index (χ2n) is 4.56. The van der Waals surface area contributed by atoms with Crippen molar-refractivity contribution in [3.63, 3.8) is 0 Å². The number of carbonyl (C=O) groups is 2. The van der Waals surface area contributed by atoms with E-state index in [-0.39, 0.29) is 5.92 Å². The highest BCUT2D eigenvalue weighted by Crippen LogP contribution is 2.20. The first-order chi connectivity index (χ1) is 8.63. The highest BCUT2D eigenvalue weighted by atomic mass is 16.5. The van der Waals surface area contributed by atoms with Crippen LogP contribution < -0.4 is 0 Å². The van der Waals surface area contributed by atoms with Crippen molar-refractivity contribution in [1.29, 1.82) is 0 Å². The Bertz CT molecular complexity index is 584. The average Bonchev–Trinajstić information content (AvgIpc) is 2.75. The van der Waals surface area contributed by atoms with Crippen molar-refractivity contribution in [2.45, 2.75) is 13.8 Å². The average molecular weight is 245 g/mol. The van der Waals surface area contributed by atoms with Crippen LogP contribution in [0.1, 0.15) is 24.2 Å². The van der Waals surface area contributed by atoms with Gasteiger partial charge in [-0.2, -0.15) is 0 Å². The summed E-state index contributed by atoms with van der Waals surface area (Å²) in [5.41, 5.74) is 1.18. The molecule has 0 amide bonds. The van der Waals surface area contributed by atoms with Crippen LogP contribution >= 0.6 is 0 Å². The number of hydrogen-bond donors (Lipinski definition) is 0. The molecule has 0 fully saturated rings. The van der Waals surface area contributed by atoms with Gasteiger partial charge in [0, 0.05) is 17.1 Å². The van der Waals surface area contributed by atoms with Crippen LogP contribution in [-0.2, 0) is 4.74 Å². The molecule has 0 unspecified atom stereocenters. The van der Waals surface area contributed by atoms with E-state index in [2.05, 4.69) is 0 Å². The molecular weight excluding hydrogens is 230 g/mol. The predicted octanol–water partition coefficient (Wildman–Crippen LogP) is 3.09. The van der Waals surface area contributed by atoms with Crippen molar-refractivity contribution in [2.24, 2.45) is 5.92 Å². The first kappa shape index (κ1) is 12.4. The second-order valence-corrected chi connectivity index (χ2v) is 4.56. The minimum atomic E-state index is -0.451. The molecule has 1 aromatic heterocycles. The molecule has 0 aliphatic heterocycles. The van der Waals surface area contributed by atoms with Gasteiger partial charge in [-0.15, -0.1) is 0 Å². The Morgan fingerprint density at radius 3 is 2.78 bits per heavy atom. The fourth-order valence-electron chi connectivity index (χ4n) is 1.76. The summed E-state index contributed by atoms with van der Waals surface area (Å²) in [6.45, 7) is 4.30. The van der Waals surface area contributed by atoms with E-state index in [0.29, 0.717) is 17.7 Å². The van der Waals surface area contributed by atoms with Crippen LogP contribution in [0.3, 0.4) is 0 Å². The van der Waals surface area contributed by atoms with Crippen molar-refractivity contribution in [3.05, 3.63) is 36.0 Å². The van der Waals surface area contributed by atoms with Crippen LogP contribution in [0.15, 0.2) is 30.5 Å². The maximum atomic E-state index is 11.9. The van der Waals surface area contributed by atoms with E-state index >= 15 is 0 Å². The van der Waals surface area contributed by atoms with E-state index in [0.717, 1.165) is 11.7 Å². The minimum Gasteiger partial charge on any atom is -0.449 e. The molecule has 0 aliphatic rings. The fourth-order valence-corrected chi connectivity index (χ4v) is 1.76. The summed E-state index contributed by atoms with van der Waals surface area (Å²) in [5.74, 6) is 0.279. The van der Waals surface area contributed by atoms with Crippen molar-refractivity contribution in [1.82, 2.24) is 4.57 Å². The molecule has 0 N–H and O–H groups in total. The molecule has 0 spiro atoms. The molecular formula is C14H15NO3. The van der Waals surface area contributed by atoms with Crippen LogP contribution in [0.2, 0.25) is 0 Å². The highest BCUT2D eigenvalue weighted by molar-refractivity contribution is 6.01. The Morgan fingerprint density at radius 2 is 2.11 bits per heavy atom. The standard InChI is InChI=1S/C14H15NO3/c1-10(2)9-18-14(17)15-7-11(8-16)12-5-3-4-6-13(12)15/h3-8,10H,9H2,1-2H3. The van der Waals surface area contributed by atoms with Crippen LogP contribution in [-0.4, -0.2) is 23.6 Å². The number of aromatic nitrogens is 1. The van der Waals surface area contributed by atoms with Gasteiger partial charge in [0.2, 0.25) is 0 Å². The molecule has 18 heavy (non-hydrogen) atoms. The number of fused-ring (bicyclic) bond motifs is 1. The molecule has 0 aliphatic carbocycles. The van der Waals surface area contributed by atoms with E-state index in [4.69, 9.17) is 4.74 Å². The third-order valence-corrected chi connectivity index (χ3v) is 2.61. The monoisotopic (exact) mass is 245 g/mol. The number of rotatable bonds is 3. The van der Waals surface area contributed by atoms with E-state index < -0.39 is 6.09 Å². The molecule has 4 heteroatoms. The lowest BCUT2D eigenvalue weighted by Crippen LogP contribution is -2.15. The summed E-state index contributed by atoms with van der Waals surface area (Å²) in [7, 11) is 0. The van der Waals surface area contributed by atoms with Crippen molar-refractivity contribution >= 4 is 23.3 Å². The lowest BCUT2D eigenvalue weighted by molar-refractivity contribution is 0.112. The smallest absolute Gasteiger partial charge is 0.418 e. The van der Waals surface area contributed by atoms with Gasteiger partial charge in [-0.3, -0.25) is 9.36 Å². The Kier molecular flexibility index (Phi) is 3.46. The molecule has 0 atom stereocenters. The number of aldehydes is 1. The highest BCUT2D eigenvalue weighted by Gasteiger charge is 2.14. The van der Waals surface area contributed by atoms with Crippen LogP contribution in [0, 0.1) is 5.92 Å². The van der Waals surface area contributed by atoms with Crippen LogP contribution in [0.4, 0.5) is 4.79 Å². The predicted molar refractivity (Wildman–Crippen MR) is 68.9 cm³/mol. The molecule has 94 valence electrons. The zero-order valence-corrected chi connectivity index (χ0v) is 10.4. The van der Waals surface area contributed by atoms with Gasteiger partial charge in [-0.05, 0) is 12.0 Å². The molecule has 2 rings (SSSR count). The normalized spacial score (nSPS) is 10.8. The molecule has 0 radical (unpaired) electrons. The van der Waals surface area contributed by atoms with Crippen molar-refractivity contribution < 1.29 is 14.3 Å². The number of ether oxygens (including phenoxy) is 1. The van der Waals surface area contributed by atoms with Gasteiger partial charge in [0.05, 0.1) is 12.1 Å². The molecule has 0 bridgehead atoms. The maximum Gasteiger partial charge on any atom is 0.418 e. The number of benzene rings is 1. The summed E-state index contributed by atoms with van der Waals surface area (Å²) in [6, 6.07) is 7.26. The van der Waals surface area contributed by atoms with Crippen molar-refractivity contribution in [2.75, 3.05) is 6.61 Å². The number of carbonyl (C=O) groups excluding carboxylic acids is 2. The lowest BCUT2D eigenvalue weighted by atomic mass is 10.2. The van der Waals surface area contributed by atoms with Gasteiger partial charge >= 0.3 is 6.09 Å². The maximum absolute atomic E-state index is 11.9. The largest absolute Gasteiger partial charge is 0.449 e. The topological polar surface area (TPSA) is 48.3 Å². The van der Waals surface area contributed by atoms with Gasteiger partial charge < -0.3 is 4.74 Å². The summed E-state index contributed by atoms with van der Waals surface area (Å²) < 4.78 is 6.54. The molecule has 2 aromatic rings. The van der Waals surface area contributed by atoms with Gasteiger partial charge in [0.25, 0.3) is 0 Å². The minimum absolute atomic E-state index is 0.279. The third kappa shape index (κ3) is 2.27. The van der Waals surface area contributed by atoms with Gasteiger partial charge in [0.15, 0.2) is 6.29 Å². The quantitative estimate of drug-likeness (QED) is 0.781. The van der Waals surface area contributed by atoms with Gasteiger partial charge in [-0.25, -0.2) is 4.79 Å². The van der Waals surface area contributed by atoms with E-state index in [1.54, 1.807) is 6.07 Å². The summed E-state index contributed by atoms with van der Waals surface area (Å²) >= 11 is 0. The Hall–Kier alpha value is -2.10. The number of hydrogen-bond acceptors (Lipinski definition) is 3. The first-order valence-electron chi connectivity index (χ1n) is 5.86. The third-order valence-electron chi connectivity index (χ3n) is 2.61. The Labute approximate surface area is 105 Å². The molecule has 0 saturated carbocycles. The second kappa shape index (κ2) is 5.04. The number of para-hydroxylation sites is 1. The molecule has 4 nitrogen and oxygen atoms in total. The summed E-state index contributed by atoms with van der Waals surface area (Å²) in [5, 5.41) is 0.758. The Morgan fingerprint density at radius 1 is 1.39 bits per heavy atom. The molecule has 0 saturated heterocycles. The lowest BCUT2D eigenvalue weighted by Gasteiger charge is -2.08. The summed E-state index contributed by atoms with van der Waals surface area (Å²) in [6.07, 6.45) is 1.81. The van der Waals surface area contributed by atoms with E-state index in [1.165, 1.54) is 10.8 Å². The zero-order chi connectivity index (χ0) is 13.1. The van der Waals surface area contributed by atoms with E-state index in [9.17, 15) is 9.59 Å². The van der Waals surface area contributed by atoms with Gasteiger partial charge in [0.1, 0.15) is 0 Å². The Balaban J connectivity index is 2.38. The first-order valence-corrected chi connectivity index (χ1v) is 5.86. The summed E-state index contributed by atoms with van der Waals surface area (Å²) in [4.78, 5) is 22.9. The number of nitrogens with zero attached hydrogens (tertiary/aromatic N) is 1.